The number of hydrogen-bond acceptors (Lipinski definition) is 7. The molecule has 0 bridgehead atoms. The molecule has 0 aromatic heterocycles. The summed E-state index contributed by atoms with van der Waals surface area (Å²) >= 11 is 0. The van der Waals surface area contributed by atoms with Gasteiger partial charge < -0.3 is 4.74 Å². The number of carbonyl (C=O) groups is 2. The van der Waals surface area contributed by atoms with Crippen LogP contribution in [0.1, 0.15) is 45.5 Å². The van der Waals surface area contributed by atoms with Crippen LogP contribution in [0, 0.1) is 0 Å². The molecule has 33 heavy (non-hydrogen) atoms. The van der Waals surface area contributed by atoms with E-state index in [-0.39, 0.29) is 16.5 Å². The number of Topliss-reactive ketones (excluding diaryl/α,β-unsaturated/α-hetero) is 1. The Morgan fingerprint density at radius 2 is 1.82 bits per heavy atom. The minimum atomic E-state index is -3.72. The van der Waals surface area contributed by atoms with Crippen molar-refractivity contribution in [3.63, 3.8) is 0 Å². The van der Waals surface area contributed by atoms with Crippen molar-refractivity contribution in [2.45, 2.75) is 36.6 Å². The monoisotopic (exact) mass is 492 g/mol. The third-order valence-electron chi connectivity index (χ3n) is 5.49. The maximum Gasteiger partial charge on any atom is 0.338 e. The van der Waals surface area contributed by atoms with E-state index < -0.39 is 38.4 Å². The van der Waals surface area contributed by atoms with Gasteiger partial charge in [0.05, 0.1) is 22.4 Å². The molecule has 176 valence electrons. The summed E-state index contributed by atoms with van der Waals surface area (Å²) < 4.78 is 57.6. The van der Waals surface area contributed by atoms with E-state index in [1.807, 2.05) is 0 Å². The van der Waals surface area contributed by atoms with E-state index >= 15 is 0 Å². The molecule has 0 amide bonds. The quantitative estimate of drug-likeness (QED) is 0.440. The molecule has 0 unspecified atom stereocenters. The molecule has 1 fully saturated rings. The number of nitrogens with zero attached hydrogens (tertiary/aromatic N) is 1. The van der Waals surface area contributed by atoms with Gasteiger partial charge in [-0.1, -0.05) is 6.07 Å². The average Bonchev–Trinajstić information content (AvgIpc) is 3.59. The average molecular weight is 493 g/mol. The summed E-state index contributed by atoms with van der Waals surface area (Å²) in [5, 5.41) is 0. The second kappa shape index (κ2) is 8.88. The Kier molecular flexibility index (Phi) is 6.30. The lowest BCUT2D eigenvalue weighted by atomic mass is 9.99. The van der Waals surface area contributed by atoms with Crippen molar-refractivity contribution in [2.75, 3.05) is 23.7 Å². The van der Waals surface area contributed by atoms with Crippen LogP contribution >= 0.6 is 0 Å². The molecule has 1 N–H and O–H groups in total. The molecule has 0 radical (unpaired) electrons. The van der Waals surface area contributed by atoms with Crippen LogP contribution in [0.15, 0.2) is 47.4 Å². The van der Waals surface area contributed by atoms with Crippen LogP contribution < -0.4 is 9.03 Å². The summed E-state index contributed by atoms with van der Waals surface area (Å²) in [5.41, 5.74) is 1.62. The second-order valence-electron chi connectivity index (χ2n) is 8.20. The predicted octanol–water partition coefficient (Wildman–Crippen LogP) is 1.88. The highest BCUT2D eigenvalue weighted by atomic mass is 32.2. The molecule has 0 saturated heterocycles. The lowest BCUT2D eigenvalue weighted by Crippen LogP contribution is -2.34. The maximum atomic E-state index is 12.6. The smallest absolute Gasteiger partial charge is 0.338 e. The normalized spacial score (nSPS) is 16.2. The van der Waals surface area contributed by atoms with Crippen LogP contribution in [0.25, 0.3) is 0 Å². The van der Waals surface area contributed by atoms with Crippen molar-refractivity contribution >= 4 is 37.5 Å². The molecule has 0 spiro atoms. The number of fused-ring (bicyclic) bond motifs is 1. The molecule has 1 aliphatic heterocycles. The first-order valence-electron chi connectivity index (χ1n) is 10.5. The predicted molar refractivity (Wildman–Crippen MR) is 121 cm³/mol. The number of ketones is 1. The molecule has 2 aliphatic rings. The number of carbonyl (C=O) groups excluding carboxylic acids is 2. The summed E-state index contributed by atoms with van der Waals surface area (Å²) in [4.78, 5) is 25.0. The minimum Gasteiger partial charge on any atom is -0.454 e. The molecule has 2 aromatic carbocycles. The Bertz CT molecular complexity index is 1320. The Labute approximate surface area is 192 Å². The summed E-state index contributed by atoms with van der Waals surface area (Å²) in [6.45, 7) is -0.133. The Morgan fingerprint density at radius 3 is 2.52 bits per heavy atom. The van der Waals surface area contributed by atoms with Crippen molar-refractivity contribution in [3.05, 3.63) is 59.2 Å². The molecule has 11 heteroatoms. The molecule has 1 heterocycles. The summed E-state index contributed by atoms with van der Waals surface area (Å²) in [5.74, 6) is -1.25. The topological polar surface area (TPSA) is 127 Å². The molecular formula is C22H24N2O7S2. The number of sulfonamides is 2. The SMILES string of the molecule is CS(=O)(=O)N1CCCc2cc(C(=O)COC(=O)c3cccc(S(=O)(=O)NC4CC4)c3)ccc21. The molecule has 2 aromatic rings. The number of ether oxygens (including phenoxy) is 1. The molecule has 1 aliphatic carbocycles. The van der Waals surface area contributed by atoms with E-state index in [4.69, 9.17) is 4.74 Å². The van der Waals surface area contributed by atoms with Crippen LogP contribution in [-0.2, 0) is 31.2 Å². The molecule has 0 atom stereocenters. The third-order valence-corrected chi connectivity index (χ3v) is 8.19. The largest absolute Gasteiger partial charge is 0.454 e. The number of benzene rings is 2. The van der Waals surface area contributed by atoms with Gasteiger partial charge in [-0.15, -0.1) is 0 Å². The van der Waals surface area contributed by atoms with Gasteiger partial charge in [0.1, 0.15) is 0 Å². The Balaban J connectivity index is 1.43. The highest BCUT2D eigenvalue weighted by Gasteiger charge is 2.28. The fourth-order valence-electron chi connectivity index (χ4n) is 3.66. The second-order valence-corrected chi connectivity index (χ2v) is 11.8. The lowest BCUT2D eigenvalue weighted by molar-refractivity contribution is 0.0474. The van der Waals surface area contributed by atoms with Crippen LogP contribution in [-0.4, -0.2) is 54.0 Å². The van der Waals surface area contributed by atoms with E-state index in [9.17, 15) is 26.4 Å². The first-order chi connectivity index (χ1) is 15.5. The number of rotatable bonds is 8. The number of esters is 1. The van der Waals surface area contributed by atoms with Crippen LogP contribution in [0.4, 0.5) is 5.69 Å². The summed E-state index contributed by atoms with van der Waals surface area (Å²) in [7, 11) is -7.13. The number of aryl methyl sites for hydroxylation is 1. The molecule has 9 nitrogen and oxygen atoms in total. The first kappa shape index (κ1) is 23.4. The fourth-order valence-corrected chi connectivity index (χ4v) is 6.00. The lowest BCUT2D eigenvalue weighted by Gasteiger charge is -2.29. The van der Waals surface area contributed by atoms with Crippen molar-refractivity contribution < 1.29 is 31.2 Å². The molecule has 1 saturated carbocycles. The van der Waals surface area contributed by atoms with E-state index in [1.165, 1.54) is 34.6 Å². The van der Waals surface area contributed by atoms with Gasteiger partial charge in [0.15, 0.2) is 12.4 Å². The van der Waals surface area contributed by atoms with Gasteiger partial charge in [0, 0.05) is 18.2 Å². The van der Waals surface area contributed by atoms with E-state index in [1.54, 1.807) is 12.1 Å². The minimum absolute atomic E-state index is 0.0238. The van der Waals surface area contributed by atoms with Gasteiger partial charge in [-0.05, 0) is 67.6 Å². The van der Waals surface area contributed by atoms with Crippen LogP contribution in [0.5, 0.6) is 0 Å². The number of nitrogens with one attached hydrogen (secondary N) is 1. The zero-order valence-electron chi connectivity index (χ0n) is 18.0. The standard InChI is InChI=1S/C22H24N2O7S2/c1-32(27,28)24-11-3-5-15-12-16(7-10-20(15)24)21(25)14-31-22(26)17-4-2-6-19(13-17)33(29,30)23-18-8-9-18/h2,4,6-7,10,12-13,18,23H,3,5,8-9,11,14H2,1H3. The number of anilines is 1. The van der Waals surface area contributed by atoms with Crippen molar-refractivity contribution in [3.8, 4) is 0 Å². The van der Waals surface area contributed by atoms with Gasteiger partial charge in [-0.2, -0.15) is 0 Å². The maximum absolute atomic E-state index is 12.6. The van der Waals surface area contributed by atoms with Crippen molar-refractivity contribution in [1.82, 2.24) is 4.72 Å². The van der Waals surface area contributed by atoms with Crippen molar-refractivity contribution in [2.24, 2.45) is 0 Å². The highest BCUT2D eigenvalue weighted by molar-refractivity contribution is 7.92. The summed E-state index contributed by atoms with van der Waals surface area (Å²) in [6, 6.07) is 10.1. The van der Waals surface area contributed by atoms with Gasteiger partial charge >= 0.3 is 5.97 Å². The van der Waals surface area contributed by atoms with Crippen molar-refractivity contribution in [1.29, 1.82) is 0 Å². The summed E-state index contributed by atoms with van der Waals surface area (Å²) in [6.07, 6.45) is 4.00. The van der Waals surface area contributed by atoms with Gasteiger partial charge in [0.2, 0.25) is 20.0 Å². The van der Waals surface area contributed by atoms with Crippen LogP contribution in [0.2, 0.25) is 0 Å². The highest BCUT2D eigenvalue weighted by Crippen LogP contribution is 2.30. The Hall–Kier alpha value is -2.76. The molecular weight excluding hydrogens is 468 g/mol. The number of hydrogen-bond donors (Lipinski definition) is 1. The molecule has 4 rings (SSSR count). The first-order valence-corrected chi connectivity index (χ1v) is 13.8. The van der Waals surface area contributed by atoms with Gasteiger partial charge in [0.25, 0.3) is 0 Å². The van der Waals surface area contributed by atoms with E-state index in [2.05, 4.69) is 4.72 Å². The van der Waals surface area contributed by atoms with E-state index in [0.717, 1.165) is 24.7 Å². The van der Waals surface area contributed by atoms with Crippen LogP contribution in [0.3, 0.4) is 0 Å². The van der Waals surface area contributed by atoms with Gasteiger partial charge in [-0.3, -0.25) is 9.10 Å². The zero-order valence-corrected chi connectivity index (χ0v) is 19.6. The Morgan fingerprint density at radius 1 is 1.06 bits per heavy atom. The zero-order chi connectivity index (χ0) is 23.8. The van der Waals surface area contributed by atoms with Gasteiger partial charge in [-0.25, -0.2) is 26.4 Å². The van der Waals surface area contributed by atoms with E-state index in [0.29, 0.717) is 30.6 Å². The fraction of sp³-hybridized carbons (Fsp3) is 0.364. The third kappa shape index (κ3) is 5.43.